The molecule has 2 heterocycles. The number of para-hydroxylation sites is 2. The number of hydrogen-bond acceptors (Lipinski definition) is 5. The van der Waals surface area contributed by atoms with Gasteiger partial charge < -0.3 is 10.1 Å². The first-order chi connectivity index (χ1) is 13.0. The second kappa shape index (κ2) is 6.35. The Labute approximate surface area is 156 Å². The maximum atomic E-state index is 13.0. The monoisotopic (exact) mass is 367 g/mol. The summed E-state index contributed by atoms with van der Waals surface area (Å²) in [5, 5.41) is 18.3. The Balaban J connectivity index is 1.90. The van der Waals surface area contributed by atoms with Crippen LogP contribution < -0.4 is 15.4 Å². The molecule has 2 N–H and O–H groups in total. The number of nitrogens with zero attached hydrogens (tertiary/aromatic N) is 1. The molecule has 7 nitrogen and oxygen atoms in total. The topological polar surface area (TPSA) is 93.5 Å². The average Bonchev–Trinajstić information content (AvgIpc) is 3.11. The van der Waals surface area contributed by atoms with Gasteiger partial charge in [0.2, 0.25) is 0 Å². The molecule has 2 aliphatic rings. The molecule has 0 aliphatic carbocycles. The normalized spacial score (nSPS) is 28.8. The largest absolute Gasteiger partial charge is 0.494 e. The van der Waals surface area contributed by atoms with Crippen LogP contribution in [0.25, 0.3) is 0 Å². The number of amides is 1. The second-order valence-electron chi connectivity index (χ2n) is 6.97. The number of anilines is 1. The van der Waals surface area contributed by atoms with Gasteiger partial charge in [-0.2, -0.15) is 0 Å². The Morgan fingerprint density at radius 2 is 1.89 bits per heavy atom. The van der Waals surface area contributed by atoms with Crippen molar-refractivity contribution in [2.24, 2.45) is 0 Å². The number of rotatable bonds is 4. The highest BCUT2D eigenvalue weighted by Gasteiger charge is 2.67. The third-order valence-electron chi connectivity index (χ3n) is 5.54. The summed E-state index contributed by atoms with van der Waals surface area (Å²) in [6.07, 6.45) is 0. The number of nitro groups is 1. The summed E-state index contributed by atoms with van der Waals surface area (Å²) in [5.41, 5.74) is 0.589. The Hall–Kier alpha value is -2.93. The van der Waals surface area contributed by atoms with E-state index in [0.717, 1.165) is 5.56 Å². The van der Waals surface area contributed by atoms with E-state index >= 15 is 0 Å². The summed E-state index contributed by atoms with van der Waals surface area (Å²) in [4.78, 5) is 24.9. The van der Waals surface area contributed by atoms with E-state index in [-0.39, 0.29) is 16.9 Å². The van der Waals surface area contributed by atoms with E-state index in [1.165, 1.54) is 0 Å². The zero-order chi connectivity index (χ0) is 19.2. The molecule has 0 aromatic heterocycles. The van der Waals surface area contributed by atoms with Crippen molar-refractivity contribution in [3.8, 4) is 5.75 Å². The Kier molecular flexibility index (Phi) is 4.11. The lowest BCUT2D eigenvalue weighted by atomic mass is 9.78. The molecule has 1 spiro atoms. The van der Waals surface area contributed by atoms with Gasteiger partial charge in [0.25, 0.3) is 11.9 Å². The fraction of sp³-hybridized carbons (Fsp3) is 0.350. The molecule has 140 valence electrons. The summed E-state index contributed by atoms with van der Waals surface area (Å²) in [6.45, 7) is 4.22. The first-order valence-electron chi connectivity index (χ1n) is 9.04. The molecule has 0 unspecified atom stereocenters. The van der Waals surface area contributed by atoms with Crippen molar-refractivity contribution in [3.05, 3.63) is 69.8 Å². The van der Waals surface area contributed by atoms with Gasteiger partial charge in [0.05, 0.1) is 12.5 Å². The van der Waals surface area contributed by atoms with E-state index in [9.17, 15) is 14.9 Å². The molecule has 2 aliphatic heterocycles. The van der Waals surface area contributed by atoms with Gasteiger partial charge in [-0.25, -0.2) is 0 Å². The molecule has 1 saturated heterocycles. The molecule has 2 aromatic carbocycles. The molecule has 2 aromatic rings. The van der Waals surface area contributed by atoms with Crippen molar-refractivity contribution >= 4 is 11.6 Å². The highest BCUT2D eigenvalue weighted by Crippen LogP contribution is 2.50. The van der Waals surface area contributed by atoms with Crippen molar-refractivity contribution < 1.29 is 14.5 Å². The Bertz CT molecular complexity index is 916. The second-order valence-corrected chi connectivity index (χ2v) is 6.97. The van der Waals surface area contributed by atoms with Crippen LogP contribution in [-0.2, 0) is 10.3 Å². The third kappa shape index (κ3) is 2.42. The number of carbonyl (C=O) groups is 1. The van der Waals surface area contributed by atoms with E-state index in [1.807, 2.05) is 38.1 Å². The van der Waals surface area contributed by atoms with Crippen LogP contribution in [0.3, 0.4) is 0 Å². The van der Waals surface area contributed by atoms with Crippen LogP contribution in [0.1, 0.15) is 30.9 Å². The minimum absolute atomic E-state index is 0.293. The number of carbonyl (C=O) groups excluding carboxylic acids is 1. The molecule has 4 atom stereocenters. The molecular weight excluding hydrogens is 346 g/mol. The number of fused-ring (bicyclic) bond motifs is 2. The number of hydrogen-bond donors (Lipinski definition) is 2. The van der Waals surface area contributed by atoms with Crippen molar-refractivity contribution in [1.82, 2.24) is 5.32 Å². The first kappa shape index (κ1) is 17.5. The van der Waals surface area contributed by atoms with Crippen LogP contribution >= 0.6 is 0 Å². The van der Waals surface area contributed by atoms with Gasteiger partial charge in [-0.3, -0.25) is 20.2 Å². The SMILES string of the molecule is CCOc1ccccc1[C@@H]1[C@H](C)N[C@]2(C(=O)Nc3ccccc32)[C@H]1[N+](=O)[O-]. The first-order valence-corrected chi connectivity index (χ1v) is 9.04. The number of nitrogens with one attached hydrogen (secondary N) is 2. The van der Waals surface area contributed by atoms with Crippen LogP contribution in [0.15, 0.2) is 48.5 Å². The lowest BCUT2D eigenvalue weighted by Gasteiger charge is -2.26. The van der Waals surface area contributed by atoms with Crippen LogP contribution in [0, 0.1) is 10.1 Å². The predicted octanol–water partition coefficient (Wildman–Crippen LogP) is 2.65. The molecule has 0 bridgehead atoms. The Morgan fingerprint density at radius 1 is 1.19 bits per heavy atom. The van der Waals surface area contributed by atoms with Crippen LogP contribution in [0.5, 0.6) is 5.75 Å². The van der Waals surface area contributed by atoms with E-state index in [4.69, 9.17) is 4.74 Å². The molecule has 27 heavy (non-hydrogen) atoms. The molecule has 0 radical (unpaired) electrons. The van der Waals surface area contributed by atoms with Gasteiger partial charge in [-0.15, -0.1) is 0 Å². The zero-order valence-electron chi connectivity index (χ0n) is 15.1. The lowest BCUT2D eigenvalue weighted by Crippen LogP contribution is -2.54. The van der Waals surface area contributed by atoms with E-state index in [0.29, 0.717) is 23.6 Å². The third-order valence-corrected chi connectivity index (χ3v) is 5.54. The Morgan fingerprint density at radius 3 is 2.63 bits per heavy atom. The van der Waals surface area contributed by atoms with E-state index in [1.54, 1.807) is 24.3 Å². The highest BCUT2D eigenvalue weighted by molar-refractivity contribution is 6.07. The molecule has 1 amide bonds. The van der Waals surface area contributed by atoms with Gasteiger partial charge in [0, 0.05) is 27.8 Å². The lowest BCUT2D eigenvalue weighted by molar-refractivity contribution is -0.532. The van der Waals surface area contributed by atoms with Gasteiger partial charge in [0.15, 0.2) is 5.54 Å². The zero-order valence-corrected chi connectivity index (χ0v) is 15.1. The summed E-state index contributed by atoms with van der Waals surface area (Å²) in [5.74, 6) is -0.275. The smallest absolute Gasteiger partial charge is 0.256 e. The average molecular weight is 367 g/mol. The standard InChI is InChI=1S/C20H21N3O4/c1-3-27-16-11-7-4-8-13(16)17-12(2)22-20(18(17)23(25)26)14-9-5-6-10-15(14)21-19(20)24/h4-12,17-18,22H,3H2,1-2H3,(H,21,24)/t12-,17-,18-,20-/m0/s1. The molecule has 7 heteroatoms. The molecule has 1 fully saturated rings. The van der Waals surface area contributed by atoms with Crippen LogP contribution in [-0.4, -0.2) is 29.5 Å². The minimum atomic E-state index is -1.40. The summed E-state index contributed by atoms with van der Waals surface area (Å²) in [7, 11) is 0. The van der Waals surface area contributed by atoms with E-state index < -0.39 is 17.5 Å². The minimum Gasteiger partial charge on any atom is -0.494 e. The van der Waals surface area contributed by atoms with Gasteiger partial charge in [0.1, 0.15) is 5.75 Å². The molecular formula is C20H21N3O4. The fourth-order valence-corrected chi connectivity index (χ4v) is 4.56. The van der Waals surface area contributed by atoms with Crippen LogP contribution in [0.4, 0.5) is 5.69 Å². The van der Waals surface area contributed by atoms with Crippen molar-refractivity contribution in [3.63, 3.8) is 0 Å². The quantitative estimate of drug-likeness (QED) is 0.640. The molecule has 0 saturated carbocycles. The number of benzene rings is 2. The van der Waals surface area contributed by atoms with Crippen molar-refractivity contribution in [2.45, 2.75) is 37.4 Å². The van der Waals surface area contributed by atoms with E-state index in [2.05, 4.69) is 10.6 Å². The summed E-state index contributed by atoms with van der Waals surface area (Å²) >= 11 is 0. The van der Waals surface area contributed by atoms with Gasteiger partial charge in [-0.1, -0.05) is 36.4 Å². The number of ether oxygens (including phenoxy) is 1. The van der Waals surface area contributed by atoms with Crippen LogP contribution in [0.2, 0.25) is 0 Å². The predicted molar refractivity (Wildman–Crippen MR) is 100 cm³/mol. The van der Waals surface area contributed by atoms with Crippen molar-refractivity contribution in [1.29, 1.82) is 0 Å². The summed E-state index contributed by atoms with van der Waals surface area (Å²) < 4.78 is 5.72. The van der Waals surface area contributed by atoms with Gasteiger partial charge >= 0.3 is 0 Å². The van der Waals surface area contributed by atoms with Gasteiger partial charge in [-0.05, 0) is 26.0 Å². The maximum Gasteiger partial charge on any atom is 0.256 e. The fourth-order valence-electron chi connectivity index (χ4n) is 4.56. The maximum absolute atomic E-state index is 13.0. The van der Waals surface area contributed by atoms with Crippen molar-refractivity contribution in [2.75, 3.05) is 11.9 Å². The summed E-state index contributed by atoms with van der Waals surface area (Å²) in [6, 6.07) is 13.1. The molecule has 4 rings (SSSR count). The highest BCUT2D eigenvalue weighted by atomic mass is 16.6.